The lowest BCUT2D eigenvalue weighted by Gasteiger charge is -2.13. The molecule has 0 fully saturated rings. The van der Waals surface area contributed by atoms with Gasteiger partial charge >= 0.3 is 0 Å². The van der Waals surface area contributed by atoms with Crippen LogP contribution < -0.4 is 10.9 Å². The predicted molar refractivity (Wildman–Crippen MR) is 130 cm³/mol. The number of aromatic nitrogens is 2. The molecule has 1 heterocycles. The molecule has 4 aromatic rings. The molecule has 6 heteroatoms. The van der Waals surface area contributed by atoms with Crippen LogP contribution in [0.2, 0.25) is 0 Å². The van der Waals surface area contributed by atoms with Crippen LogP contribution in [0.5, 0.6) is 0 Å². The molecule has 0 saturated heterocycles. The molecule has 0 bridgehead atoms. The summed E-state index contributed by atoms with van der Waals surface area (Å²) in [7, 11) is 1.77. The number of nitrogens with one attached hydrogen (secondary N) is 1. The number of aryl methyl sites for hydroxylation is 1. The van der Waals surface area contributed by atoms with Gasteiger partial charge in [0.05, 0.1) is 16.9 Å². The van der Waals surface area contributed by atoms with Crippen molar-refractivity contribution >= 4 is 11.6 Å². The highest BCUT2D eigenvalue weighted by atomic mass is 19.1. The number of anilines is 1. The summed E-state index contributed by atoms with van der Waals surface area (Å²) < 4.78 is 18.2. The first-order valence-corrected chi connectivity index (χ1v) is 10.8. The van der Waals surface area contributed by atoms with E-state index < -0.39 is 11.7 Å². The van der Waals surface area contributed by atoms with Gasteiger partial charge in [0.1, 0.15) is 11.5 Å². The standard InChI is InChI=1S/C27H26FN3O2/c1-17(2)25-24(27(33)31(30(25)4)21-8-6-5-7-9-21)29-26(32)22-15-14-20(16-23(22)28)19-12-10-18(3)11-13-19/h5-17H,1-4H3,(H,29,32). The van der Waals surface area contributed by atoms with Crippen LogP contribution in [0.3, 0.4) is 0 Å². The van der Waals surface area contributed by atoms with Gasteiger partial charge in [0.2, 0.25) is 0 Å². The minimum absolute atomic E-state index is 0.0447. The summed E-state index contributed by atoms with van der Waals surface area (Å²) in [6.07, 6.45) is 0. The lowest BCUT2D eigenvalue weighted by Crippen LogP contribution is -2.23. The summed E-state index contributed by atoms with van der Waals surface area (Å²) in [5, 5.41) is 2.68. The maximum absolute atomic E-state index is 14.9. The SMILES string of the molecule is Cc1ccc(-c2ccc(C(=O)Nc3c(C(C)C)n(C)n(-c4ccccc4)c3=O)c(F)c2)cc1. The summed E-state index contributed by atoms with van der Waals surface area (Å²) >= 11 is 0. The van der Waals surface area contributed by atoms with Crippen molar-refractivity contribution in [1.82, 2.24) is 9.36 Å². The summed E-state index contributed by atoms with van der Waals surface area (Å²) in [6, 6.07) is 21.4. The molecule has 33 heavy (non-hydrogen) atoms. The van der Waals surface area contributed by atoms with E-state index in [-0.39, 0.29) is 22.7 Å². The van der Waals surface area contributed by atoms with E-state index in [1.54, 1.807) is 17.8 Å². The molecule has 0 aliphatic carbocycles. The molecule has 4 rings (SSSR count). The molecule has 0 saturated carbocycles. The summed E-state index contributed by atoms with van der Waals surface area (Å²) in [4.78, 5) is 26.3. The van der Waals surface area contributed by atoms with E-state index in [4.69, 9.17) is 0 Å². The Balaban J connectivity index is 1.70. The number of nitrogens with zero attached hydrogens (tertiary/aromatic N) is 2. The minimum atomic E-state index is -0.659. The molecule has 168 valence electrons. The van der Waals surface area contributed by atoms with Crippen molar-refractivity contribution in [2.24, 2.45) is 7.05 Å². The van der Waals surface area contributed by atoms with Crippen LogP contribution in [0.4, 0.5) is 10.1 Å². The average Bonchev–Trinajstić information content (AvgIpc) is 3.04. The topological polar surface area (TPSA) is 56.0 Å². The van der Waals surface area contributed by atoms with Crippen molar-refractivity contribution in [3.8, 4) is 16.8 Å². The maximum atomic E-state index is 14.9. The number of para-hydroxylation sites is 1. The van der Waals surface area contributed by atoms with Gasteiger partial charge in [0.25, 0.3) is 11.5 Å². The molecule has 1 aromatic heterocycles. The Kier molecular flexibility index (Phi) is 6.01. The number of carbonyl (C=O) groups excluding carboxylic acids is 1. The van der Waals surface area contributed by atoms with E-state index in [1.807, 2.05) is 75.4 Å². The Labute approximate surface area is 192 Å². The smallest absolute Gasteiger partial charge is 0.295 e. The van der Waals surface area contributed by atoms with Gasteiger partial charge in [0, 0.05) is 7.05 Å². The predicted octanol–water partition coefficient (Wildman–Crippen LogP) is 5.67. The lowest BCUT2D eigenvalue weighted by molar-refractivity contribution is 0.102. The van der Waals surface area contributed by atoms with Gasteiger partial charge in [-0.05, 0) is 48.2 Å². The first-order valence-electron chi connectivity index (χ1n) is 10.8. The van der Waals surface area contributed by atoms with Gasteiger partial charge in [-0.3, -0.25) is 14.3 Å². The van der Waals surface area contributed by atoms with Crippen LogP contribution in [0, 0.1) is 12.7 Å². The Morgan fingerprint density at radius 1 is 0.939 bits per heavy atom. The molecular formula is C27H26FN3O2. The Morgan fingerprint density at radius 2 is 1.58 bits per heavy atom. The van der Waals surface area contributed by atoms with Crippen LogP contribution in [0.1, 0.15) is 41.4 Å². The fraction of sp³-hybridized carbons (Fsp3) is 0.185. The highest BCUT2D eigenvalue weighted by Gasteiger charge is 2.24. The molecule has 0 radical (unpaired) electrons. The number of benzene rings is 3. The van der Waals surface area contributed by atoms with Gasteiger partial charge in [-0.1, -0.05) is 67.9 Å². The molecule has 1 amide bonds. The minimum Gasteiger partial charge on any atom is -0.316 e. The van der Waals surface area contributed by atoms with E-state index in [0.717, 1.165) is 11.1 Å². The highest BCUT2D eigenvalue weighted by Crippen LogP contribution is 2.26. The van der Waals surface area contributed by atoms with Crippen LogP contribution in [0.25, 0.3) is 16.8 Å². The number of carbonyl (C=O) groups is 1. The van der Waals surface area contributed by atoms with Gasteiger partial charge in [-0.15, -0.1) is 0 Å². The van der Waals surface area contributed by atoms with Gasteiger partial charge in [0.15, 0.2) is 0 Å². The zero-order valence-corrected chi connectivity index (χ0v) is 19.1. The summed E-state index contributed by atoms with van der Waals surface area (Å²) in [5.41, 5.74) is 3.67. The second kappa shape index (κ2) is 8.90. The number of amides is 1. The van der Waals surface area contributed by atoms with E-state index in [9.17, 15) is 14.0 Å². The van der Waals surface area contributed by atoms with Crippen LogP contribution in [-0.4, -0.2) is 15.3 Å². The van der Waals surface area contributed by atoms with Gasteiger partial charge in [-0.25, -0.2) is 9.07 Å². The number of hydrogen-bond acceptors (Lipinski definition) is 2. The van der Waals surface area contributed by atoms with Crippen molar-refractivity contribution in [3.05, 3.63) is 106 Å². The molecule has 3 aromatic carbocycles. The van der Waals surface area contributed by atoms with Crippen molar-refractivity contribution in [3.63, 3.8) is 0 Å². The van der Waals surface area contributed by atoms with Gasteiger partial charge < -0.3 is 5.32 Å². The van der Waals surface area contributed by atoms with Crippen molar-refractivity contribution < 1.29 is 9.18 Å². The average molecular weight is 444 g/mol. The molecule has 5 nitrogen and oxygen atoms in total. The van der Waals surface area contributed by atoms with Crippen molar-refractivity contribution in [2.45, 2.75) is 26.7 Å². The molecule has 0 atom stereocenters. The van der Waals surface area contributed by atoms with Crippen LogP contribution in [-0.2, 0) is 7.05 Å². The molecule has 1 N–H and O–H groups in total. The third-order valence-corrected chi connectivity index (χ3v) is 5.70. The second-order valence-corrected chi connectivity index (χ2v) is 8.41. The summed E-state index contributed by atoms with van der Waals surface area (Å²) in [5.74, 6) is -1.35. The third kappa shape index (κ3) is 4.24. The maximum Gasteiger partial charge on any atom is 0.295 e. The largest absolute Gasteiger partial charge is 0.316 e. The molecule has 0 spiro atoms. The quantitative estimate of drug-likeness (QED) is 0.432. The van der Waals surface area contributed by atoms with Crippen LogP contribution >= 0.6 is 0 Å². The fourth-order valence-corrected chi connectivity index (χ4v) is 4.07. The van der Waals surface area contributed by atoms with Crippen molar-refractivity contribution in [1.29, 1.82) is 0 Å². The monoisotopic (exact) mass is 443 g/mol. The Hall–Kier alpha value is -3.93. The number of rotatable bonds is 5. The van der Waals surface area contributed by atoms with Crippen molar-refractivity contribution in [2.75, 3.05) is 5.32 Å². The van der Waals surface area contributed by atoms with E-state index in [2.05, 4.69) is 5.32 Å². The third-order valence-electron chi connectivity index (χ3n) is 5.70. The first kappa shape index (κ1) is 22.3. The molecule has 0 aliphatic rings. The fourth-order valence-electron chi connectivity index (χ4n) is 4.07. The second-order valence-electron chi connectivity index (χ2n) is 8.41. The van der Waals surface area contributed by atoms with E-state index in [0.29, 0.717) is 16.9 Å². The first-order chi connectivity index (χ1) is 15.8. The Bertz CT molecular complexity index is 1370. The zero-order chi connectivity index (χ0) is 23.7. The lowest BCUT2D eigenvalue weighted by atomic mass is 10.0. The van der Waals surface area contributed by atoms with E-state index in [1.165, 1.54) is 16.8 Å². The normalized spacial score (nSPS) is 11.1. The zero-order valence-electron chi connectivity index (χ0n) is 19.1. The molecule has 0 aliphatic heterocycles. The molecular weight excluding hydrogens is 417 g/mol. The number of hydrogen-bond donors (Lipinski definition) is 1. The van der Waals surface area contributed by atoms with Gasteiger partial charge in [-0.2, -0.15) is 0 Å². The number of halogens is 1. The van der Waals surface area contributed by atoms with Crippen LogP contribution in [0.15, 0.2) is 77.6 Å². The summed E-state index contributed by atoms with van der Waals surface area (Å²) in [6.45, 7) is 5.87. The molecule has 0 unspecified atom stereocenters. The highest BCUT2D eigenvalue weighted by molar-refractivity contribution is 6.05. The Morgan fingerprint density at radius 3 is 2.18 bits per heavy atom. The van der Waals surface area contributed by atoms with E-state index >= 15 is 0 Å².